The van der Waals surface area contributed by atoms with Gasteiger partial charge in [-0.05, 0) is 18.6 Å². The lowest BCUT2D eigenvalue weighted by atomic mass is 9.95. The molecule has 0 fully saturated rings. The average Bonchev–Trinajstić information content (AvgIpc) is 2.47. The molecule has 1 aliphatic rings. The van der Waals surface area contributed by atoms with Gasteiger partial charge in [0, 0.05) is 5.92 Å². The Balaban J connectivity index is 2.31. The fourth-order valence-corrected chi connectivity index (χ4v) is 2.49. The number of rotatable bonds is 4. The molecule has 0 aromatic heterocycles. The van der Waals surface area contributed by atoms with Crippen molar-refractivity contribution in [3.8, 4) is 12.0 Å². The van der Waals surface area contributed by atoms with Crippen molar-refractivity contribution >= 4 is 11.6 Å². The summed E-state index contributed by atoms with van der Waals surface area (Å²) < 4.78 is 49.5. The molecule has 0 heterocycles. The summed E-state index contributed by atoms with van der Waals surface area (Å²) in [7, 11) is 0. The summed E-state index contributed by atoms with van der Waals surface area (Å²) in [6, 6.07) is 4.62. The number of benzene rings is 1. The Hall–Kier alpha value is -2.13. The molecule has 0 amide bonds. The third-order valence-electron chi connectivity index (χ3n) is 3.40. The van der Waals surface area contributed by atoms with Crippen molar-refractivity contribution in [3.05, 3.63) is 52.3 Å². The summed E-state index contributed by atoms with van der Waals surface area (Å²) in [6.45, 7) is 1.44. The summed E-state index contributed by atoms with van der Waals surface area (Å²) in [6.07, 6.45) is -0.0270. The molecule has 1 aliphatic carbocycles. The summed E-state index contributed by atoms with van der Waals surface area (Å²) in [5.74, 6) is -0.379. The lowest BCUT2D eigenvalue weighted by Gasteiger charge is -2.24. The van der Waals surface area contributed by atoms with E-state index in [1.807, 2.05) is 0 Å². The van der Waals surface area contributed by atoms with Crippen molar-refractivity contribution < 1.29 is 22.6 Å². The number of ether oxygens (including phenoxy) is 2. The smallest absolute Gasteiger partial charge is 0.419 e. The molecule has 0 N–H and O–H groups in total. The second-order valence-corrected chi connectivity index (χ2v) is 5.42. The normalized spacial score (nSPS) is 17.8. The van der Waals surface area contributed by atoms with Crippen molar-refractivity contribution in [1.82, 2.24) is 0 Å². The standard InChI is InChI=1S/C16H13ClF3NO2/c1-10-4-2-5-12(16(18,19)20)15(10)22-8-11-13(17)6-3-7-14(11)23-9-21/h2-3,5-7,10H,4,8H2,1H3. The van der Waals surface area contributed by atoms with Crippen LogP contribution in [0.2, 0.25) is 5.02 Å². The summed E-state index contributed by atoms with van der Waals surface area (Å²) in [5.41, 5.74) is -0.474. The van der Waals surface area contributed by atoms with Gasteiger partial charge in [-0.2, -0.15) is 13.2 Å². The van der Waals surface area contributed by atoms with Gasteiger partial charge in [-0.25, -0.2) is 0 Å². The molecule has 0 saturated heterocycles. The fourth-order valence-electron chi connectivity index (χ4n) is 2.27. The van der Waals surface area contributed by atoms with Crippen LogP contribution in [0.5, 0.6) is 5.75 Å². The zero-order chi connectivity index (χ0) is 17.0. The highest BCUT2D eigenvalue weighted by atomic mass is 35.5. The van der Waals surface area contributed by atoms with E-state index in [2.05, 4.69) is 0 Å². The van der Waals surface area contributed by atoms with Crippen LogP contribution < -0.4 is 4.74 Å². The molecule has 3 nitrogen and oxygen atoms in total. The van der Waals surface area contributed by atoms with E-state index in [4.69, 9.17) is 26.3 Å². The monoisotopic (exact) mass is 343 g/mol. The molecular formula is C16H13ClF3NO2. The zero-order valence-electron chi connectivity index (χ0n) is 12.2. The number of hydrogen-bond acceptors (Lipinski definition) is 3. The van der Waals surface area contributed by atoms with Crippen molar-refractivity contribution in [2.24, 2.45) is 5.92 Å². The van der Waals surface area contributed by atoms with Crippen molar-refractivity contribution in [1.29, 1.82) is 5.26 Å². The van der Waals surface area contributed by atoms with Gasteiger partial charge >= 0.3 is 6.18 Å². The average molecular weight is 344 g/mol. The Morgan fingerprint density at radius 2 is 2.13 bits per heavy atom. The van der Waals surface area contributed by atoms with Crippen molar-refractivity contribution in [2.45, 2.75) is 26.1 Å². The Labute approximate surface area is 136 Å². The highest BCUT2D eigenvalue weighted by molar-refractivity contribution is 6.31. The van der Waals surface area contributed by atoms with E-state index in [9.17, 15) is 13.2 Å². The first-order valence-electron chi connectivity index (χ1n) is 6.78. The van der Waals surface area contributed by atoms with Crippen LogP contribution in [0.15, 0.2) is 41.7 Å². The number of allylic oxidation sites excluding steroid dienone is 4. The van der Waals surface area contributed by atoms with E-state index in [0.29, 0.717) is 12.0 Å². The molecule has 0 radical (unpaired) electrons. The second kappa shape index (κ2) is 6.97. The molecule has 1 aromatic rings. The first kappa shape index (κ1) is 17.2. The highest BCUT2D eigenvalue weighted by Crippen LogP contribution is 2.38. The van der Waals surface area contributed by atoms with E-state index in [1.54, 1.807) is 19.1 Å². The number of alkyl halides is 3. The Morgan fingerprint density at radius 1 is 1.39 bits per heavy atom. The maximum Gasteiger partial charge on any atom is 0.419 e. The third-order valence-corrected chi connectivity index (χ3v) is 3.75. The minimum atomic E-state index is -4.49. The molecule has 23 heavy (non-hydrogen) atoms. The molecule has 0 aliphatic heterocycles. The van der Waals surface area contributed by atoms with Gasteiger partial charge in [0.25, 0.3) is 6.26 Å². The summed E-state index contributed by atoms with van der Waals surface area (Å²) in [5, 5.41) is 8.87. The van der Waals surface area contributed by atoms with Gasteiger partial charge in [0.1, 0.15) is 18.1 Å². The Bertz CT molecular complexity index is 690. The number of hydrogen-bond donors (Lipinski definition) is 0. The van der Waals surface area contributed by atoms with E-state index in [-0.39, 0.29) is 23.1 Å². The van der Waals surface area contributed by atoms with Gasteiger partial charge in [0.2, 0.25) is 0 Å². The molecule has 0 spiro atoms. The molecule has 0 saturated carbocycles. The fraction of sp³-hybridized carbons (Fsp3) is 0.312. The van der Waals surface area contributed by atoms with Gasteiger partial charge in [0.05, 0.1) is 16.2 Å². The molecule has 1 unspecified atom stereocenters. The highest BCUT2D eigenvalue weighted by Gasteiger charge is 2.38. The minimum Gasteiger partial charge on any atom is -0.492 e. The Morgan fingerprint density at radius 3 is 2.78 bits per heavy atom. The van der Waals surface area contributed by atoms with Gasteiger partial charge in [-0.3, -0.25) is 0 Å². The largest absolute Gasteiger partial charge is 0.492 e. The van der Waals surface area contributed by atoms with Crippen LogP contribution >= 0.6 is 11.6 Å². The van der Waals surface area contributed by atoms with E-state index < -0.39 is 17.7 Å². The van der Waals surface area contributed by atoms with Crippen LogP contribution in [0.25, 0.3) is 0 Å². The quantitative estimate of drug-likeness (QED) is 0.712. The van der Waals surface area contributed by atoms with Gasteiger partial charge in [-0.1, -0.05) is 36.7 Å². The third kappa shape index (κ3) is 3.99. The van der Waals surface area contributed by atoms with Crippen LogP contribution in [0.4, 0.5) is 13.2 Å². The van der Waals surface area contributed by atoms with E-state index >= 15 is 0 Å². The summed E-state index contributed by atoms with van der Waals surface area (Å²) in [4.78, 5) is 0. The number of halogens is 4. The maximum atomic E-state index is 13.1. The molecule has 0 bridgehead atoms. The summed E-state index contributed by atoms with van der Waals surface area (Å²) >= 11 is 6.02. The first-order chi connectivity index (χ1) is 10.8. The van der Waals surface area contributed by atoms with Crippen LogP contribution in [0.3, 0.4) is 0 Å². The minimum absolute atomic E-state index is 0.136. The maximum absolute atomic E-state index is 13.1. The van der Waals surface area contributed by atoms with Crippen LogP contribution in [-0.2, 0) is 11.3 Å². The van der Waals surface area contributed by atoms with Gasteiger partial charge in [-0.15, -0.1) is 5.26 Å². The topological polar surface area (TPSA) is 42.2 Å². The molecule has 1 atom stereocenters. The SMILES string of the molecule is CC1CC=CC(C(F)(F)F)=C1OCc1c(Cl)cccc1OC#N. The Kier molecular flexibility index (Phi) is 5.22. The number of nitrogens with zero attached hydrogens (tertiary/aromatic N) is 1. The lowest BCUT2D eigenvalue weighted by molar-refractivity contribution is -0.0934. The van der Waals surface area contributed by atoms with Gasteiger partial charge in [0.15, 0.2) is 0 Å². The van der Waals surface area contributed by atoms with Crippen LogP contribution in [0, 0.1) is 17.4 Å². The molecule has 2 rings (SSSR count). The van der Waals surface area contributed by atoms with Crippen LogP contribution in [-0.4, -0.2) is 6.18 Å². The number of nitriles is 1. The molecular weight excluding hydrogens is 331 g/mol. The molecule has 122 valence electrons. The molecule has 7 heteroatoms. The second-order valence-electron chi connectivity index (χ2n) is 5.01. The first-order valence-corrected chi connectivity index (χ1v) is 7.16. The van der Waals surface area contributed by atoms with Crippen molar-refractivity contribution in [3.63, 3.8) is 0 Å². The van der Waals surface area contributed by atoms with E-state index in [1.165, 1.54) is 18.4 Å². The molecule has 1 aromatic carbocycles. The lowest BCUT2D eigenvalue weighted by Crippen LogP contribution is -2.20. The zero-order valence-corrected chi connectivity index (χ0v) is 12.9. The van der Waals surface area contributed by atoms with Gasteiger partial charge < -0.3 is 9.47 Å². The van der Waals surface area contributed by atoms with Crippen LogP contribution in [0.1, 0.15) is 18.9 Å². The predicted molar refractivity (Wildman–Crippen MR) is 78.5 cm³/mol. The van der Waals surface area contributed by atoms with E-state index in [0.717, 1.165) is 6.08 Å². The van der Waals surface area contributed by atoms with Crippen molar-refractivity contribution in [2.75, 3.05) is 0 Å². The predicted octanol–water partition coefficient (Wildman–Crippen LogP) is 5.13.